The van der Waals surface area contributed by atoms with E-state index in [4.69, 9.17) is 9.47 Å². The van der Waals surface area contributed by atoms with Crippen LogP contribution < -0.4 is 14.8 Å². The molecule has 6 nitrogen and oxygen atoms in total. The molecule has 2 aromatic carbocycles. The molecule has 0 radical (unpaired) electrons. The Bertz CT molecular complexity index is 1210. The van der Waals surface area contributed by atoms with Crippen molar-refractivity contribution >= 4 is 32.8 Å². The quantitative estimate of drug-likeness (QED) is 0.519. The highest BCUT2D eigenvalue weighted by atomic mass is 32.2. The molecule has 1 aliphatic rings. The molecule has 1 N–H and O–H groups in total. The highest BCUT2D eigenvalue weighted by molar-refractivity contribution is 7.91. The molecule has 1 aliphatic heterocycles. The predicted molar refractivity (Wildman–Crippen MR) is 125 cm³/mol. The molecule has 2 heterocycles. The number of thiophene rings is 1. The van der Waals surface area contributed by atoms with E-state index in [1.165, 1.54) is 30.6 Å². The van der Waals surface area contributed by atoms with E-state index in [-0.39, 0.29) is 28.0 Å². The van der Waals surface area contributed by atoms with E-state index in [1.54, 1.807) is 17.5 Å². The lowest BCUT2D eigenvalue weighted by Gasteiger charge is -2.24. The van der Waals surface area contributed by atoms with E-state index in [2.05, 4.69) is 19.2 Å². The smallest absolute Gasteiger partial charge is 0.225 e. The summed E-state index contributed by atoms with van der Waals surface area (Å²) in [5, 5.41) is 4.41. The Morgan fingerprint density at radius 3 is 2.34 bits per heavy atom. The monoisotopic (exact) mass is 471 g/mol. The van der Waals surface area contributed by atoms with Gasteiger partial charge in [-0.25, -0.2) is 8.42 Å². The van der Waals surface area contributed by atoms with Gasteiger partial charge in [0.2, 0.25) is 15.7 Å². The lowest BCUT2D eigenvalue weighted by atomic mass is 9.90. The van der Waals surface area contributed by atoms with Gasteiger partial charge in [0.05, 0.1) is 24.3 Å². The maximum Gasteiger partial charge on any atom is 0.225 e. The molecule has 0 aliphatic carbocycles. The first kappa shape index (κ1) is 22.4. The molecule has 3 aromatic rings. The van der Waals surface area contributed by atoms with Gasteiger partial charge < -0.3 is 14.8 Å². The molecule has 1 atom stereocenters. The fourth-order valence-corrected chi connectivity index (χ4v) is 6.52. The first-order valence-corrected chi connectivity index (χ1v) is 12.7. The summed E-state index contributed by atoms with van der Waals surface area (Å²) in [5.74, 6) is 1.37. The normalized spacial score (nSPS) is 15.9. The Morgan fingerprint density at radius 1 is 1.06 bits per heavy atom. The number of carbonyl (C=O) groups excluding carboxylic acids is 1. The third kappa shape index (κ3) is 4.38. The fraction of sp³-hybridized carbons (Fsp3) is 0.292. The van der Waals surface area contributed by atoms with E-state index < -0.39 is 9.84 Å². The van der Waals surface area contributed by atoms with Crippen molar-refractivity contribution in [1.82, 2.24) is 0 Å². The number of carbonyl (C=O) groups is 1. The van der Waals surface area contributed by atoms with Gasteiger partial charge in [-0.05, 0) is 47.9 Å². The van der Waals surface area contributed by atoms with Crippen molar-refractivity contribution in [2.45, 2.75) is 36.0 Å². The van der Waals surface area contributed by atoms with Crippen LogP contribution in [0.2, 0.25) is 0 Å². The minimum absolute atomic E-state index is 0.123. The van der Waals surface area contributed by atoms with Crippen molar-refractivity contribution in [2.75, 3.05) is 19.0 Å². The lowest BCUT2D eigenvalue weighted by molar-refractivity contribution is -0.116. The summed E-state index contributed by atoms with van der Waals surface area (Å²) < 4.78 is 37.4. The van der Waals surface area contributed by atoms with Crippen LogP contribution in [-0.4, -0.2) is 28.0 Å². The Labute approximate surface area is 192 Å². The zero-order chi connectivity index (χ0) is 22.9. The Balaban J connectivity index is 1.67. The number of hydrogen-bond donors (Lipinski definition) is 1. The summed E-state index contributed by atoms with van der Waals surface area (Å²) in [4.78, 5) is 13.6. The Kier molecular flexibility index (Phi) is 6.26. The zero-order valence-electron chi connectivity index (χ0n) is 18.1. The molecular weight excluding hydrogens is 446 g/mol. The van der Waals surface area contributed by atoms with Crippen LogP contribution in [0.1, 0.15) is 36.6 Å². The van der Waals surface area contributed by atoms with E-state index in [9.17, 15) is 13.2 Å². The largest absolute Gasteiger partial charge is 0.497 e. The SMILES string of the molecule is COc1ccc(S(=O)(=O)c2csc3c2NC(=O)C[C@H]3c2ccc(OCC(C)C)cc2)cc1. The van der Waals surface area contributed by atoms with Gasteiger partial charge in [-0.3, -0.25) is 4.79 Å². The molecule has 0 saturated heterocycles. The van der Waals surface area contributed by atoms with Crippen LogP contribution in [0.25, 0.3) is 0 Å². The Hall–Kier alpha value is -2.84. The number of benzene rings is 2. The van der Waals surface area contributed by atoms with Crippen molar-refractivity contribution in [3.8, 4) is 11.5 Å². The minimum Gasteiger partial charge on any atom is -0.497 e. The topological polar surface area (TPSA) is 81.7 Å². The van der Waals surface area contributed by atoms with Crippen LogP contribution in [0, 0.1) is 5.92 Å². The average Bonchev–Trinajstić information content (AvgIpc) is 3.22. The van der Waals surface area contributed by atoms with Gasteiger partial charge in [0, 0.05) is 22.6 Å². The van der Waals surface area contributed by atoms with Gasteiger partial charge in [0.1, 0.15) is 16.4 Å². The second-order valence-electron chi connectivity index (χ2n) is 8.10. The molecule has 8 heteroatoms. The summed E-state index contributed by atoms with van der Waals surface area (Å²) in [6, 6.07) is 13.9. The molecular formula is C24H25NO5S2. The summed E-state index contributed by atoms with van der Waals surface area (Å²) in [6.45, 7) is 4.81. The maximum atomic E-state index is 13.3. The van der Waals surface area contributed by atoms with Crippen LogP contribution in [0.4, 0.5) is 5.69 Å². The molecule has 0 saturated carbocycles. The number of ether oxygens (including phenoxy) is 2. The van der Waals surface area contributed by atoms with Crippen molar-refractivity contribution in [3.63, 3.8) is 0 Å². The van der Waals surface area contributed by atoms with E-state index >= 15 is 0 Å². The third-order valence-corrected chi connectivity index (χ3v) is 8.32. The molecule has 4 rings (SSSR count). The number of fused-ring (bicyclic) bond motifs is 1. The Morgan fingerprint density at radius 2 is 1.72 bits per heavy atom. The van der Waals surface area contributed by atoms with E-state index in [0.717, 1.165) is 16.2 Å². The van der Waals surface area contributed by atoms with Crippen LogP contribution in [0.15, 0.2) is 63.7 Å². The number of sulfone groups is 1. The lowest BCUT2D eigenvalue weighted by Crippen LogP contribution is -2.23. The van der Waals surface area contributed by atoms with Gasteiger partial charge in [0.25, 0.3) is 0 Å². The van der Waals surface area contributed by atoms with Crippen LogP contribution >= 0.6 is 11.3 Å². The molecule has 0 unspecified atom stereocenters. The van der Waals surface area contributed by atoms with Crippen molar-refractivity contribution in [2.24, 2.45) is 5.92 Å². The zero-order valence-corrected chi connectivity index (χ0v) is 19.8. The van der Waals surface area contributed by atoms with Crippen molar-refractivity contribution < 1.29 is 22.7 Å². The molecule has 0 spiro atoms. The van der Waals surface area contributed by atoms with Crippen molar-refractivity contribution in [3.05, 3.63) is 64.4 Å². The second-order valence-corrected chi connectivity index (χ2v) is 10.9. The van der Waals surface area contributed by atoms with Crippen LogP contribution in [0.5, 0.6) is 11.5 Å². The second kappa shape index (κ2) is 8.96. The molecule has 1 amide bonds. The highest BCUT2D eigenvalue weighted by Crippen LogP contribution is 2.46. The first-order valence-electron chi connectivity index (χ1n) is 10.3. The molecule has 0 fully saturated rings. The summed E-state index contributed by atoms with van der Waals surface area (Å²) >= 11 is 1.35. The number of methoxy groups -OCH3 is 1. The summed E-state index contributed by atoms with van der Waals surface area (Å²) in [5.41, 5.74) is 1.33. The van der Waals surface area contributed by atoms with Crippen LogP contribution in [-0.2, 0) is 14.6 Å². The third-order valence-electron chi connectivity index (χ3n) is 5.28. The van der Waals surface area contributed by atoms with Gasteiger partial charge >= 0.3 is 0 Å². The average molecular weight is 472 g/mol. The number of hydrogen-bond acceptors (Lipinski definition) is 6. The molecule has 1 aromatic heterocycles. The maximum absolute atomic E-state index is 13.3. The van der Waals surface area contributed by atoms with Gasteiger partial charge in [-0.2, -0.15) is 0 Å². The number of anilines is 1. The fourth-order valence-electron chi connectivity index (χ4n) is 3.61. The van der Waals surface area contributed by atoms with Crippen LogP contribution in [0.3, 0.4) is 0 Å². The molecule has 0 bridgehead atoms. The standard InChI is InChI=1S/C24H25NO5S2/c1-15(2)13-30-18-6-4-16(5-7-18)20-12-22(26)25-23-21(14-31-24(20)23)32(27,28)19-10-8-17(29-3)9-11-19/h4-11,14-15,20H,12-13H2,1-3H3,(H,25,26)/t20-/m0/s1. The number of rotatable bonds is 7. The molecule has 168 valence electrons. The van der Waals surface area contributed by atoms with Crippen molar-refractivity contribution in [1.29, 1.82) is 0 Å². The van der Waals surface area contributed by atoms with E-state index in [0.29, 0.717) is 24.0 Å². The van der Waals surface area contributed by atoms with E-state index in [1.807, 2.05) is 24.3 Å². The van der Waals surface area contributed by atoms with Gasteiger partial charge in [-0.15, -0.1) is 11.3 Å². The number of nitrogens with one attached hydrogen (secondary N) is 1. The van der Waals surface area contributed by atoms with Gasteiger partial charge in [0.15, 0.2) is 0 Å². The van der Waals surface area contributed by atoms with Gasteiger partial charge in [-0.1, -0.05) is 26.0 Å². The summed E-state index contributed by atoms with van der Waals surface area (Å²) in [7, 11) is -2.27. The predicted octanol–water partition coefficient (Wildman–Crippen LogP) is 5.10. The highest BCUT2D eigenvalue weighted by Gasteiger charge is 2.34. The minimum atomic E-state index is -3.79. The first-order chi connectivity index (χ1) is 15.3. The summed E-state index contributed by atoms with van der Waals surface area (Å²) in [6.07, 6.45) is 0.266. The number of amides is 1. The molecule has 32 heavy (non-hydrogen) atoms.